The van der Waals surface area contributed by atoms with Gasteiger partial charge in [-0.15, -0.1) is 11.3 Å². The van der Waals surface area contributed by atoms with Gasteiger partial charge in [-0.25, -0.2) is 9.78 Å². The SMILES string of the molecule is O=C(NC1(C(=O)O)CCOC1)c1cnc(-c2ccc3c(c2)OCO3)s1. The molecular formula is C16H14N2O6S. The highest BCUT2D eigenvalue weighted by Crippen LogP contribution is 2.37. The van der Waals surface area contributed by atoms with Gasteiger partial charge in [0, 0.05) is 18.6 Å². The van der Waals surface area contributed by atoms with E-state index in [1.165, 1.54) is 17.5 Å². The van der Waals surface area contributed by atoms with Gasteiger partial charge in [-0.05, 0) is 18.2 Å². The van der Waals surface area contributed by atoms with Gasteiger partial charge in [0.2, 0.25) is 6.79 Å². The lowest BCUT2D eigenvalue weighted by atomic mass is 9.99. The average Bonchev–Trinajstić information content (AvgIpc) is 3.34. The van der Waals surface area contributed by atoms with Crippen molar-refractivity contribution in [2.45, 2.75) is 12.0 Å². The van der Waals surface area contributed by atoms with Crippen molar-refractivity contribution < 1.29 is 28.9 Å². The molecule has 0 radical (unpaired) electrons. The van der Waals surface area contributed by atoms with Crippen LogP contribution in [0, 0.1) is 0 Å². The van der Waals surface area contributed by atoms with E-state index in [2.05, 4.69) is 10.3 Å². The Morgan fingerprint density at radius 1 is 1.28 bits per heavy atom. The van der Waals surface area contributed by atoms with Crippen LogP contribution in [-0.4, -0.2) is 47.5 Å². The fourth-order valence-corrected chi connectivity index (χ4v) is 3.51. The molecule has 0 spiro atoms. The number of aromatic nitrogens is 1. The van der Waals surface area contributed by atoms with Crippen molar-refractivity contribution in [3.05, 3.63) is 29.3 Å². The lowest BCUT2D eigenvalue weighted by Crippen LogP contribution is -2.55. The molecule has 2 aliphatic rings. The van der Waals surface area contributed by atoms with Gasteiger partial charge < -0.3 is 24.6 Å². The van der Waals surface area contributed by atoms with Crippen molar-refractivity contribution in [3.63, 3.8) is 0 Å². The number of nitrogens with one attached hydrogen (secondary N) is 1. The molecule has 1 atom stereocenters. The number of carboxylic acid groups (broad SMARTS) is 1. The summed E-state index contributed by atoms with van der Waals surface area (Å²) in [5.41, 5.74) is -0.578. The standard InChI is InChI=1S/C16H14N2O6S/c19-13(18-16(15(20)21)3-4-22-7-16)12-6-17-14(25-12)9-1-2-10-11(5-9)24-8-23-10/h1-2,5-6H,3-4,7-8H2,(H,18,19)(H,20,21). The molecule has 2 N–H and O–H groups in total. The third-order valence-electron chi connectivity index (χ3n) is 4.13. The molecular weight excluding hydrogens is 348 g/mol. The maximum absolute atomic E-state index is 12.4. The van der Waals surface area contributed by atoms with Gasteiger partial charge in [0.25, 0.3) is 5.91 Å². The van der Waals surface area contributed by atoms with Gasteiger partial charge in [0.05, 0.1) is 12.8 Å². The molecule has 1 aromatic carbocycles. The summed E-state index contributed by atoms with van der Waals surface area (Å²) >= 11 is 1.18. The second-order valence-electron chi connectivity index (χ2n) is 5.74. The largest absolute Gasteiger partial charge is 0.479 e. The number of ether oxygens (including phenoxy) is 3. The molecule has 9 heteroatoms. The summed E-state index contributed by atoms with van der Waals surface area (Å²) in [6, 6.07) is 5.41. The number of nitrogens with zero attached hydrogens (tertiary/aromatic N) is 1. The number of carbonyl (C=O) groups excluding carboxylic acids is 1. The molecule has 2 aromatic rings. The first kappa shape index (κ1) is 15.9. The van der Waals surface area contributed by atoms with E-state index in [0.717, 1.165) is 5.56 Å². The quantitative estimate of drug-likeness (QED) is 0.849. The molecule has 1 unspecified atom stereocenters. The number of benzene rings is 1. The molecule has 8 nitrogen and oxygen atoms in total. The lowest BCUT2D eigenvalue weighted by Gasteiger charge is -2.23. The van der Waals surface area contributed by atoms with Crippen molar-refractivity contribution in [3.8, 4) is 22.1 Å². The van der Waals surface area contributed by atoms with E-state index < -0.39 is 17.4 Å². The maximum atomic E-state index is 12.4. The average molecular weight is 362 g/mol. The first-order valence-electron chi connectivity index (χ1n) is 7.57. The van der Waals surface area contributed by atoms with E-state index in [1.54, 1.807) is 12.1 Å². The second-order valence-corrected chi connectivity index (χ2v) is 6.77. The predicted octanol–water partition coefficient (Wildman–Crippen LogP) is 1.51. The minimum absolute atomic E-state index is 0.0398. The van der Waals surface area contributed by atoms with Gasteiger partial charge in [-0.3, -0.25) is 4.79 Å². The lowest BCUT2D eigenvalue weighted by molar-refractivity contribution is -0.144. The number of carbonyl (C=O) groups is 2. The van der Waals surface area contributed by atoms with Crippen molar-refractivity contribution in [2.24, 2.45) is 0 Å². The number of amides is 1. The molecule has 4 rings (SSSR count). The Balaban J connectivity index is 1.55. The van der Waals surface area contributed by atoms with E-state index in [9.17, 15) is 14.7 Å². The molecule has 3 heterocycles. The third kappa shape index (κ3) is 2.81. The van der Waals surface area contributed by atoms with E-state index in [0.29, 0.717) is 28.0 Å². The minimum atomic E-state index is -1.38. The van der Waals surface area contributed by atoms with Crippen LogP contribution in [-0.2, 0) is 9.53 Å². The van der Waals surface area contributed by atoms with Crippen molar-refractivity contribution in [2.75, 3.05) is 20.0 Å². The van der Waals surface area contributed by atoms with E-state index in [1.807, 2.05) is 6.07 Å². The normalized spacial score (nSPS) is 21.3. The van der Waals surface area contributed by atoms with Crippen LogP contribution >= 0.6 is 11.3 Å². The Morgan fingerprint density at radius 3 is 2.88 bits per heavy atom. The Kier molecular flexibility index (Phi) is 3.81. The van der Waals surface area contributed by atoms with Crippen molar-refractivity contribution >= 4 is 23.2 Å². The van der Waals surface area contributed by atoms with Crippen molar-refractivity contribution in [1.82, 2.24) is 10.3 Å². The maximum Gasteiger partial charge on any atom is 0.331 e. The number of thiazole rings is 1. The zero-order valence-electron chi connectivity index (χ0n) is 13.0. The summed E-state index contributed by atoms with van der Waals surface area (Å²) in [5, 5.41) is 12.6. The summed E-state index contributed by atoms with van der Waals surface area (Å²) in [5.74, 6) is -0.272. The number of hydrogen-bond acceptors (Lipinski definition) is 7. The third-order valence-corrected chi connectivity index (χ3v) is 5.18. The molecule has 0 bridgehead atoms. The van der Waals surface area contributed by atoms with Crippen LogP contribution < -0.4 is 14.8 Å². The van der Waals surface area contributed by atoms with Gasteiger partial charge >= 0.3 is 5.97 Å². The van der Waals surface area contributed by atoms with Crippen LogP contribution in [0.1, 0.15) is 16.1 Å². The molecule has 1 saturated heterocycles. The number of rotatable bonds is 4. The fourth-order valence-electron chi connectivity index (χ4n) is 2.71. The Hall–Kier alpha value is -2.65. The monoisotopic (exact) mass is 362 g/mol. The van der Waals surface area contributed by atoms with Crippen LogP contribution in [0.2, 0.25) is 0 Å². The topological polar surface area (TPSA) is 107 Å². The van der Waals surface area contributed by atoms with Crippen LogP contribution in [0.25, 0.3) is 10.6 Å². The van der Waals surface area contributed by atoms with E-state index in [4.69, 9.17) is 14.2 Å². The molecule has 0 aliphatic carbocycles. The Morgan fingerprint density at radius 2 is 2.12 bits per heavy atom. The van der Waals surface area contributed by atoms with Crippen LogP contribution in [0.4, 0.5) is 0 Å². The van der Waals surface area contributed by atoms with Gasteiger partial charge in [0.1, 0.15) is 9.88 Å². The minimum Gasteiger partial charge on any atom is -0.479 e. The molecule has 25 heavy (non-hydrogen) atoms. The van der Waals surface area contributed by atoms with Crippen LogP contribution in [0.5, 0.6) is 11.5 Å². The highest BCUT2D eigenvalue weighted by Gasteiger charge is 2.44. The second kappa shape index (κ2) is 6.01. The van der Waals surface area contributed by atoms with E-state index in [-0.39, 0.29) is 19.8 Å². The molecule has 1 amide bonds. The fraction of sp³-hybridized carbons (Fsp3) is 0.312. The van der Waals surface area contributed by atoms with Gasteiger partial charge in [-0.1, -0.05) is 0 Å². The van der Waals surface area contributed by atoms with Crippen LogP contribution in [0.3, 0.4) is 0 Å². The van der Waals surface area contributed by atoms with Crippen molar-refractivity contribution in [1.29, 1.82) is 0 Å². The number of fused-ring (bicyclic) bond motifs is 1. The van der Waals surface area contributed by atoms with Gasteiger partial charge in [-0.2, -0.15) is 0 Å². The van der Waals surface area contributed by atoms with E-state index >= 15 is 0 Å². The molecule has 0 saturated carbocycles. The first-order valence-corrected chi connectivity index (χ1v) is 8.39. The highest BCUT2D eigenvalue weighted by atomic mass is 32.1. The summed E-state index contributed by atoms with van der Waals surface area (Å²) in [4.78, 5) is 28.5. The van der Waals surface area contributed by atoms with Gasteiger partial charge in [0.15, 0.2) is 17.0 Å². The zero-order valence-corrected chi connectivity index (χ0v) is 13.8. The molecule has 1 aromatic heterocycles. The smallest absolute Gasteiger partial charge is 0.331 e. The zero-order chi connectivity index (χ0) is 17.4. The Bertz CT molecular complexity index is 843. The number of hydrogen-bond donors (Lipinski definition) is 2. The molecule has 2 aliphatic heterocycles. The van der Waals surface area contributed by atoms with Crippen LogP contribution in [0.15, 0.2) is 24.4 Å². The number of carboxylic acids is 1. The summed E-state index contributed by atoms with van der Waals surface area (Å²) < 4.78 is 15.8. The Labute approximate surface area is 146 Å². The summed E-state index contributed by atoms with van der Waals surface area (Å²) in [6.45, 7) is 0.448. The molecule has 130 valence electrons. The summed E-state index contributed by atoms with van der Waals surface area (Å²) in [6.07, 6.45) is 1.67. The highest BCUT2D eigenvalue weighted by molar-refractivity contribution is 7.16. The predicted molar refractivity (Wildman–Crippen MR) is 86.9 cm³/mol. The first-order chi connectivity index (χ1) is 12.1. The molecule has 1 fully saturated rings. The summed E-state index contributed by atoms with van der Waals surface area (Å²) in [7, 11) is 0. The number of aliphatic carboxylic acids is 1.